The van der Waals surface area contributed by atoms with Gasteiger partial charge in [-0.2, -0.15) is 0 Å². The van der Waals surface area contributed by atoms with Crippen molar-refractivity contribution in [3.05, 3.63) is 144 Å². The normalized spacial score (nSPS) is 10.7. The number of para-hydroxylation sites is 1. The largest absolute Gasteiger partial charge is 0.497 e. The van der Waals surface area contributed by atoms with Crippen molar-refractivity contribution in [2.24, 2.45) is 0 Å². The summed E-state index contributed by atoms with van der Waals surface area (Å²) in [4.78, 5) is 4.56. The van der Waals surface area contributed by atoms with Crippen molar-refractivity contribution in [1.82, 2.24) is 0 Å². The van der Waals surface area contributed by atoms with Crippen molar-refractivity contribution < 1.29 is 9.47 Å². The third-order valence-corrected chi connectivity index (χ3v) is 9.29. The van der Waals surface area contributed by atoms with E-state index in [9.17, 15) is 0 Å². The minimum Gasteiger partial charge on any atom is -0.497 e. The number of hydrogen-bond acceptors (Lipinski definition) is 5. The van der Waals surface area contributed by atoms with Gasteiger partial charge in [0, 0.05) is 58.8 Å². The van der Waals surface area contributed by atoms with E-state index in [1.54, 1.807) is 14.2 Å². The second-order valence-corrected chi connectivity index (χ2v) is 12.3. The van der Waals surface area contributed by atoms with Crippen LogP contribution in [0.15, 0.2) is 144 Å². The standard InChI is InChI=1S/C38H29BrN2O2S.C2H6/c1-42-33-17-12-28(13-18-33)40(29-14-19-34(43-2)20-15-29)31-22-26(39)23-32(24-31)41(27-8-4-3-5-9-27)30-16-21-38-36(25-30)35-10-6-7-11-37(35)44-38;1-2/h3-25H,1-2H3;1-2H3. The van der Waals surface area contributed by atoms with E-state index in [1.165, 1.54) is 20.2 Å². The molecular formula is C40H35BrN2O2S. The lowest BCUT2D eigenvalue weighted by molar-refractivity contribution is 0.415. The third kappa shape index (κ3) is 6.32. The molecule has 0 N–H and O–H groups in total. The lowest BCUT2D eigenvalue weighted by Gasteiger charge is -2.30. The molecule has 0 aliphatic carbocycles. The second-order valence-electron chi connectivity index (χ2n) is 10.3. The number of hydrogen-bond donors (Lipinski definition) is 0. The summed E-state index contributed by atoms with van der Waals surface area (Å²) in [6, 6.07) is 48.8. The van der Waals surface area contributed by atoms with Gasteiger partial charge in [0.25, 0.3) is 0 Å². The van der Waals surface area contributed by atoms with Gasteiger partial charge in [0.2, 0.25) is 0 Å². The van der Waals surface area contributed by atoms with Gasteiger partial charge in [-0.1, -0.05) is 66.2 Å². The van der Waals surface area contributed by atoms with Crippen LogP contribution < -0.4 is 19.3 Å². The van der Waals surface area contributed by atoms with Crippen molar-refractivity contribution >= 4 is 81.6 Å². The zero-order valence-corrected chi connectivity index (χ0v) is 28.7. The van der Waals surface area contributed by atoms with E-state index in [0.717, 1.165) is 50.1 Å². The molecule has 0 atom stereocenters. The molecule has 0 aliphatic heterocycles. The Labute approximate surface area is 283 Å². The zero-order valence-electron chi connectivity index (χ0n) is 26.3. The van der Waals surface area contributed by atoms with Gasteiger partial charge in [0.15, 0.2) is 0 Å². The van der Waals surface area contributed by atoms with E-state index in [0.29, 0.717) is 0 Å². The third-order valence-electron chi connectivity index (χ3n) is 7.68. The maximum absolute atomic E-state index is 5.46. The number of halogens is 1. The number of ether oxygens (including phenoxy) is 2. The molecule has 0 radical (unpaired) electrons. The molecule has 7 rings (SSSR count). The van der Waals surface area contributed by atoms with Gasteiger partial charge in [-0.3, -0.25) is 0 Å². The predicted octanol–water partition coefficient (Wildman–Crippen LogP) is 12.8. The smallest absolute Gasteiger partial charge is 0.119 e. The lowest BCUT2D eigenvalue weighted by atomic mass is 10.1. The van der Waals surface area contributed by atoms with Crippen LogP contribution in [0.1, 0.15) is 13.8 Å². The zero-order chi connectivity index (χ0) is 32.0. The van der Waals surface area contributed by atoms with Crippen LogP contribution in [0.25, 0.3) is 20.2 Å². The molecule has 0 saturated carbocycles. The summed E-state index contributed by atoms with van der Waals surface area (Å²) in [5.41, 5.74) is 6.24. The Morgan fingerprint density at radius 2 is 0.935 bits per heavy atom. The molecule has 0 fully saturated rings. The first-order chi connectivity index (χ1) is 22.6. The number of anilines is 6. The molecule has 0 amide bonds. The van der Waals surface area contributed by atoms with Crippen molar-refractivity contribution in [3.63, 3.8) is 0 Å². The van der Waals surface area contributed by atoms with Gasteiger partial charge in [-0.15, -0.1) is 11.3 Å². The van der Waals surface area contributed by atoms with Crippen LogP contribution in [0.3, 0.4) is 0 Å². The molecule has 4 nitrogen and oxygen atoms in total. The molecular weight excluding hydrogens is 652 g/mol. The molecule has 230 valence electrons. The number of rotatable bonds is 8. The average Bonchev–Trinajstić information content (AvgIpc) is 3.48. The first kappa shape index (κ1) is 31.2. The molecule has 6 aromatic carbocycles. The Balaban J connectivity index is 0.00000182. The van der Waals surface area contributed by atoms with Crippen LogP contribution in [0.2, 0.25) is 0 Å². The summed E-state index contributed by atoms with van der Waals surface area (Å²) in [7, 11) is 3.37. The molecule has 0 spiro atoms. The number of thiophene rings is 1. The van der Waals surface area contributed by atoms with Crippen molar-refractivity contribution in [1.29, 1.82) is 0 Å². The van der Waals surface area contributed by atoms with Crippen LogP contribution in [0, 0.1) is 0 Å². The Bertz CT molecular complexity index is 2010. The average molecular weight is 688 g/mol. The first-order valence-corrected chi connectivity index (χ1v) is 16.9. The van der Waals surface area contributed by atoms with Gasteiger partial charge in [0.1, 0.15) is 11.5 Å². The Morgan fingerprint density at radius 3 is 1.52 bits per heavy atom. The van der Waals surface area contributed by atoms with Crippen LogP contribution in [0.4, 0.5) is 34.1 Å². The van der Waals surface area contributed by atoms with E-state index in [2.05, 4.69) is 141 Å². The van der Waals surface area contributed by atoms with E-state index in [4.69, 9.17) is 9.47 Å². The number of fused-ring (bicyclic) bond motifs is 3. The highest BCUT2D eigenvalue weighted by atomic mass is 79.9. The molecule has 1 aromatic heterocycles. The minimum absolute atomic E-state index is 0.810. The van der Waals surface area contributed by atoms with Crippen LogP contribution in [-0.2, 0) is 0 Å². The Hall–Kier alpha value is -4.78. The summed E-state index contributed by atoms with van der Waals surface area (Å²) in [6.45, 7) is 4.00. The van der Waals surface area contributed by atoms with E-state index in [-0.39, 0.29) is 0 Å². The molecule has 6 heteroatoms. The lowest BCUT2D eigenvalue weighted by Crippen LogP contribution is -2.13. The van der Waals surface area contributed by atoms with Gasteiger partial charge in [0.05, 0.1) is 14.2 Å². The topological polar surface area (TPSA) is 24.9 Å². The summed E-state index contributed by atoms with van der Waals surface area (Å²) in [6.07, 6.45) is 0. The summed E-state index contributed by atoms with van der Waals surface area (Å²) in [5.74, 6) is 1.62. The molecule has 0 unspecified atom stereocenters. The van der Waals surface area contributed by atoms with E-state index >= 15 is 0 Å². The fourth-order valence-corrected chi connectivity index (χ4v) is 7.16. The summed E-state index contributed by atoms with van der Waals surface area (Å²) < 4.78 is 14.5. The number of nitrogens with zero attached hydrogens (tertiary/aromatic N) is 2. The van der Waals surface area contributed by atoms with Crippen molar-refractivity contribution in [2.45, 2.75) is 13.8 Å². The predicted molar refractivity (Wildman–Crippen MR) is 201 cm³/mol. The summed E-state index contributed by atoms with van der Waals surface area (Å²) in [5, 5.41) is 2.54. The Kier molecular flexibility index (Phi) is 9.57. The van der Waals surface area contributed by atoms with E-state index in [1.807, 2.05) is 49.4 Å². The monoisotopic (exact) mass is 686 g/mol. The second kappa shape index (κ2) is 14.1. The molecule has 1 heterocycles. The van der Waals surface area contributed by atoms with Crippen molar-refractivity contribution in [2.75, 3.05) is 24.0 Å². The highest BCUT2D eigenvalue weighted by molar-refractivity contribution is 9.10. The highest BCUT2D eigenvalue weighted by Gasteiger charge is 2.19. The van der Waals surface area contributed by atoms with Gasteiger partial charge in [-0.05, 0) is 103 Å². The molecule has 0 aliphatic rings. The molecule has 0 saturated heterocycles. The molecule has 46 heavy (non-hydrogen) atoms. The van der Waals surface area contributed by atoms with Gasteiger partial charge >= 0.3 is 0 Å². The maximum Gasteiger partial charge on any atom is 0.119 e. The van der Waals surface area contributed by atoms with Crippen LogP contribution >= 0.6 is 27.3 Å². The first-order valence-electron chi connectivity index (χ1n) is 15.3. The SMILES string of the molecule is CC.COc1ccc(N(c2ccc(OC)cc2)c2cc(Br)cc(N(c3ccccc3)c3ccc4sc5ccccc5c4c3)c2)cc1. The fraction of sp³-hybridized carbons (Fsp3) is 0.100. The maximum atomic E-state index is 5.46. The van der Waals surface area contributed by atoms with Crippen LogP contribution in [-0.4, -0.2) is 14.2 Å². The number of benzene rings is 6. The Morgan fingerprint density at radius 1 is 0.457 bits per heavy atom. The fourth-order valence-electron chi connectivity index (χ4n) is 5.60. The quantitative estimate of drug-likeness (QED) is 0.159. The molecule has 7 aromatic rings. The highest BCUT2D eigenvalue weighted by Crippen LogP contribution is 2.44. The van der Waals surface area contributed by atoms with E-state index < -0.39 is 0 Å². The summed E-state index contributed by atoms with van der Waals surface area (Å²) >= 11 is 5.69. The molecule has 0 bridgehead atoms. The minimum atomic E-state index is 0.810. The number of methoxy groups -OCH3 is 2. The van der Waals surface area contributed by atoms with Crippen molar-refractivity contribution in [3.8, 4) is 11.5 Å². The van der Waals surface area contributed by atoms with Gasteiger partial charge < -0.3 is 19.3 Å². The van der Waals surface area contributed by atoms with Crippen LogP contribution in [0.5, 0.6) is 11.5 Å². The van der Waals surface area contributed by atoms with Gasteiger partial charge in [-0.25, -0.2) is 0 Å².